The lowest BCUT2D eigenvalue weighted by Crippen LogP contribution is -2.30. The minimum Gasteiger partial charge on any atom is -0.459 e. The lowest BCUT2D eigenvalue weighted by atomic mass is 10.0. The van der Waals surface area contributed by atoms with Gasteiger partial charge in [0.25, 0.3) is 11.8 Å². The summed E-state index contributed by atoms with van der Waals surface area (Å²) in [6.45, 7) is 5.56. The summed E-state index contributed by atoms with van der Waals surface area (Å²) in [5.41, 5.74) is 3.24. The summed E-state index contributed by atoms with van der Waals surface area (Å²) in [5.74, 6) is -0.221. The first-order valence-corrected chi connectivity index (χ1v) is 11.4. The fraction of sp³-hybridized carbons (Fsp3) is 0.333. The van der Waals surface area contributed by atoms with Crippen LogP contribution in [0.15, 0.2) is 53.1 Å². The third-order valence-electron chi connectivity index (χ3n) is 5.51. The van der Waals surface area contributed by atoms with Gasteiger partial charge < -0.3 is 15.1 Å². The number of nitrogens with one attached hydrogen (secondary N) is 2. The van der Waals surface area contributed by atoms with E-state index in [9.17, 15) is 9.59 Å². The van der Waals surface area contributed by atoms with Crippen LogP contribution in [0.3, 0.4) is 0 Å². The number of thiophene rings is 1. The molecule has 7 heteroatoms. The van der Waals surface area contributed by atoms with Crippen molar-refractivity contribution in [1.82, 2.24) is 10.2 Å². The van der Waals surface area contributed by atoms with E-state index in [1.165, 1.54) is 42.4 Å². The van der Waals surface area contributed by atoms with Gasteiger partial charge in [-0.3, -0.25) is 14.5 Å². The number of likely N-dealkylation sites (tertiary alicyclic amines) is 1. The fourth-order valence-electron chi connectivity index (χ4n) is 3.85. The Labute approximate surface area is 186 Å². The molecule has 0 radical (unpaired) electrons. The second-order valence-corrected chi connectivity index (χ2v) is 8.89. The van der Waals surface area contributed by atoms with Crippen molar-refractivity contribution in [3.8, 4) is 0 Å². The molecule has 0 bridgehead atoms. The number of rotatable bonds is 7. The van der Waals surface area contributed by atoms with E-state index in [-0.39, 0.29) is 17.6 Å². The van der Waals surface area contributed by atoms with Crippen LogP contribution < -0.4 is 10.6 Å². The van der Waals surface area contributed by atoms with Crippen molar-refractivity contribution in [2.75, 3.05) is 18.4 Å². The smallest absolute Gasteiger partial charge is 0.291 e. The zero-order chi connectivity index (χ0) is 21.6. The molecule has 162 valence electrons. The SMILES string of the molecule is Cc1cc(NC(=O)c2ccco2)sc1C(=O)NCc1ccccc1CN1CCCCC1. The molecule has 1 aliphatic rings. The van der Waals surface area contributed by atoms with Gasteiger partial charge in [0.15, 0.2) is 5.76 Å². The third-order valence-corrected chi connectivity index (χ3v) is 6.66. The summed E-state index contributed by atoms with van der Waals surface area (Å²) in [6.07, 6.45) is 5.29. The van der Waals surface area contributed by atoms with Crippen LogP contribution in [0, 0.1) is 6.92 Å². The van der Waals surface area contributed by atoms with Crippen LogP contribution in [0.1, 0.15) is 56.2 Å². The highest BCUT2D eigenvalue weighted by atomic mass is 32.1. The molecule has 2 N–H and O–H groups in total. The molecule has 3 heterocycles. The van der Waals surface area contributed by atoms with E-state index < -0.39 is 0 Å². The van der Waals surface area contributed by atoms with Crippen LogP contribution in [-0.2, 0) is 13.1 Å². The molecule has 0 atom stereocenters. The van der Waals surface area contributed by atoms with Gasteiger partial charge in [-0.25, -0.2) is 0 Å². The van der Waals surface area contributed by atoms with E-state index in [2.05, 4.69) is 33.7 Å². The van der Waals surface area contributed by atoms with Crippen molar-refractivity contribution in [3.05, 3.63) is 76.1 Å². The van der Waals surface area contributed by atoms with Crippen LogP contribution >= 0.6 is 11.3 Å². The summed E-state index contributed by atoms with van der Waals surface area (Å²) in [7, 11) is 0. The van der Waals surface area contributed by atoms with Gasteiger partial charge in [0.1, 0.15) is 0 Å². The number of amides is 2. The zero-order valence-corrected chi connectivity index (χ0v) is 18.5. The minimum atomic E-state index is -0.329. The molecule has 1 saturated heterocycles. The average Bonchev–Trinajstić information content (AvgIpc) is 3.44. The first kappa shape index (κ1) is 21.3. The molecule has 0 unspecified atom stereocenters. The molecule has 1 fully saturated rings. The Morgan fingerprint density at radius 2 is 1.81 bits per heavy atom. The van der Waals surface area contributed by atoms with Crippen molar-refractivity contribution in [1.29, 1.82) is 0 Å². The van der Waals surface area contributed by atoms with Gasteiger partial charge in [-0.15, -0.1) is 11.3 Å². The average molecular weight is 438 g/mol. The van der Waals surface area contributed by atoms with Gasteiger partial charge in [0.05, 0.1) is 16.1 Å². The van der Waals surface area contributed by atoms with Crippen LogP contribution in [0.5, 0.6) is 0 Å². The normalized spacial score (nSPS) is 14.4. The molecule has 3 aromatic rings. The van der Waals surface area contributed by atoms with E-state index in [1.54, 1.807) is 12.1 Å². The van der Waals surface area contributed by atoms with Gasteiger partial charge >= 0.3 is 0 Å². The number of aryl methyl sites for hydroxylation is 1. The molecule has 1 aliphatic heterocycles. The molecule has 6 nitrogen and oxygen atoms in total. The van der Waals surface area contributed by atoms with E-state index in [0.29, 0.717) is 16.4 Å². The van der Waals surface area contributed by atoms with Gasteiger partial charge in [0, 0.05) is 13.1 Å². The molecule has 0 aliphatic carbocycles. The molecule has 31 heavy (non-hydrogen) atoms. The molecule has 4 rings (SSSR count). The maximum absolute atomic E-state index is 12.8. The largest absolute Gasteiger partial charge is 0.459 e. The van der Waals surface area contributed by atoms with Gasteiger partial charge in [-0.1, -0.05) is 30.7 Å². The lowest BCUT2D eigenvalue weighted by molar-refractivity contribution is 0.0952. The third kappa shape index (κ3) is 5.42. The van der Waals surface area contributed by atoms with Crippen LogP contribution in [-0.4, -0.2) is 29.8 Å². The van der Waals surface area contributed by atoms with E-state index in [1.807, 2.05) is 19.1 Å². The van der Waals surface area contributed by atoms with Crippen molar-refractivity contribution >= 4 is 28.2 Å². The summed E-state index contributed by atoms with van der Waals surface area (Å²) < 4.78 is 5.11. The van der Waals surface area contributed by atoms with Crippen LogP contribution in [0.2, 0.25) is 0 Å². The highest BCUT2D eigenvalue weighted by Gasteiger charge is 2.17. The number of carbonyl (C=O) groups excluding carboxylic acids is 2. The second-order valence-electron chi connectivity index (χ2n) is 7.84. The number of nitrogens with zero attached hydrogens (tertiary/aromatic N) is 1. The fourth-order valence-corrected chi connectivity index (χ4v) is 4.83. The number of benzene rings is 1. The van der Waals surface area contributed by atoms with E-state index in [0.717, 1.165) is 30.8 Å². The molecule has 2 amide bonds. The minimum absolute atomic E-state index is 0.131. The van der Waals surface area contributed by atoms with E-state index >= 15 is 0 Å². The molecule has 0 saturated carbocycles. The molecule has 2 aromatic heterocycles. The first-order chi connectivity index (χ1) is 15.1. The maximum Gasteiger partial charge on any atom is 0.291 e. The Bertz CT molecular complexity index is 1040. The Kier molecular flexibility index (Phi) is 6.84. The van der Waals surface area contributed by atoms with Gasteiger partial charge in [-0.2, -0.15) is 0 Å². The second kappa shape index (κ2) is 9.94. The predicted molar refractivity (Wildman–Crippen MR) is 122 cm³/mol. The molecule has 0 spiro atoms. The Hall–Kier alpha value is -2.90. The Morgan fingerprint density at radius 3 is 2.55 bits per heavy atom. The number of anilines is 1. The molecule has 1 aromatic carbocycles. The van der Waals surface area contributed by atoms with Crippen molar-refractivity contribution < 1.29 is 14.0 Å². The standard InChI is InChI=1S/C24H27N3O3S/c1-17-14-21(26-23(28)20-10-7-13-30-20)31-22(17)24(29)25-15-18-8-3-4-9-19(18)16-27-11-5-2-6-12-27/h3-4,7-10,13-14H,2,5-6,11-12,15-16H2,1H3,(H,25,29)(H,26,28). The number of furan rings is 1. The van der Waals surface area contributed by atoms with Crippen molar-refractivity contribution in [3.63, 3.8) is 0 Å². The Morgan fingerprint density at radius 1 is 1.03 bits per heavy atom. The summed E-state index contributed by atoms with van der Waals surface area (Å²) in [5, 5.41) is 6.46. The van der Waals surface area contributed by atoms with Crippen molar-refractivity contribution in [2.45, 2.75) is 39.3 Å². The summed E-state index contributed by atoms with van der Waals surface area (Å²) in [4.78, 5) is 28.1. The van der Waals surface area contributed by atoms with Gasteiger partial charge in [-0.05, 0) is 67.7 Å². The van der Waals surface area contributed by atoms with Crippen LogP contribution in [0.25, 0.3) is 0 Å². The molecular formula is C24H27N3O3S. The quantitative estimate of drug-likeness (QED) is 0.556. The number of piperidine rings is 1. The summed E-state index contributed by atoms with van der Waals surface area (Å²) in [6, 6.07) is 13.4. The Balaban J connectivity index is 1.38. The topological polar surface area (TPSA) is 74.6 Å². The molecular weight excluding hydrogens is 410 g/mol. The highest BCUT2D eigenvalue weighted by molar-refractivity contribution is 7.18. The summed E-state index contributed by atoms with van der Waals surface area (Å²) >= 11 is 1.27. The number of hydrogen-bond donors (Lipinski definition) is 2. The monoisotopic (exact) mass is 437 g/mol. The highest BCUT2D eigenvalue weighted by Crippen LogP contribution is 2.27. The van der Waals surface area contributed by atoms with Gasteiger partial charge in [0.2, 0.25) is 0 Å². The van der Waals surface area contributed by atoms with Crippen LogP contribution in [0.4, 0.5) is 5.00 Å². The zero-order valence-electron chi connectivity index (χ0n) is 17.6. The van der Waals surface area contributed by atoms with Crippen molar-refractivity contribution in [2.24, 2.45) is 0 Å². The predicted octanol–water partition coefficient (Wildman–Crippen LogP) is 4.82. The first-order valence-electron chi connectivity index (χ1n) is 10.6. The lowest BCUT2D eigenvalue weighted by Gasteiger charge is -2.27. The maximum atomic E-state index is 12.8. The number of hydrogen-bond acceptors (Lipinski definition) is 5. The number of carbonyl (C=O) groups is 2. The van der Waals surface area contributed by atoms with E-state index in [4.69, 9.17) is 4.42 Å².